The lowest BCUT2D eigenvalue weighted by Gasteiger charge is -2.17. The molecule has 0 spiro atoms. The fourth-order valence-corrected chi connectivity index (χ4v) is 3.60. The van der Waals surface area contributed by atoms with E-state index < -0.39 is 17.7 Å². The molecule has 0 fully saturated rings. The first kappa shape index (κ1) is 21.1. The number of ketones is 1. The zero-order chi connectivity index (χ0) is 22.5. The molecule has 160 valence electrons. The number of carbonyl (C=O) groups is 3. The molecule has 6 nitrogen and oxygen atoms in total. The third-order valence-electron chi connectivity index (χ3n) is 5.19. The van der Waals surface area contributed by atoms with Crippen LogP contribution in [0.15, 0.2) is 85.1 Å². The van der Waals surface area contributed by atoms with Crippen LogP contribution in [0.4, 0.5) is 5.69 Å². The Morgan fingerprint density at radius 3 is 2.25 bits per heavy atom. The van der Waals surface area contributed by atoms with Crippen molar-refractivity contribution in [3.63, 3.8) is 0 Å². The first-order valence-electron chi connectivity index (χ1n) is 10.1. The van der Waals surface area contributed by atoms with Crippen molar-refractivity contribution in [2.75, 3.05) is 18.6 Å². The quantitative estimate of drug-likeness (QED) is 0.256. The van der Waals surface area contributed by atoms with Crippen molar-refractivity contribution < 1.29 is 23.9 Å². The minimum absolute atomic E-state index is 0.233. The Kier molecular flexibility index (Phi) is 6.12. The zero-order valence-corrected chi connectivity index (χ0v) is 17.5. The highest BCUT2D eigenvalue weighted by Crippen LogP contribution is 2.31. The summed E-state index contributed by atoms with van der Waals surface area (Å²) in [6, 6.07) is 22.8. The molecule has 3 aromatic rings. The van der Waals surface area contributed by atoms with E-state index in [1.807, 2.05) is 17.0 Å². The second kappa shape index (κ2) is 9.31. The van der Waals surface area contributed by atoms with Crippen LogP contribution in [0.3, 0.4) is 0 Å². The van der Waals surface area contributed by atoms with Gasteiger partial charge in [-0.1, -0.05) is 48.5 Å². The van der Waals surface area contributed by atoms with E-state index >= 15 is 0 Å². The number of esters is 2. The number of anilines is 1. The smallest absolute Gasteiger partial charge is 0.385 e. The van der Waals surface area contributed by atoms with Gasteiger partial charge in [0.15, 0.2) is 0 Å². The lowest BCUT2D eigenvalue weighted by Crippen LogP contribution is -2.24. The van der Waals surface area contributed by atoms with Crippen molar-refractivity contribution in [1.29, 1.82) is 0 Å². The maximum absolute atomic E-state index is 13.1. The largest absolute Gasteiger partial charge is 0.465 e. The zero-order valence-electron chi connectivity index (χ0n) is 17.5. The summed E-state index contributed by atoms with van der Waals surface area (Å²) < 4.78 is 10.1. The van der Waals surface area contributed by atoms with E-state index in [9.17, 15) is 14.4 Å². The van der Waals surface area contributed by atoms with Gasteiger partial charge in [-0.2, -0.15) is 0 Å². The van der Waals surface area contributed by atoms with Crippen molar-refractivity contribution in [2.24, 2.45) is 0 Å². The molecule has 0 aromatic heterocycles. The van der Waals surface area contributed by atoms with Crippen molar-refractivity contribution in [2.45, 2.75) is 6.42 Å². The van der Waals surface area contributed by atoms with Crippen LogP contribution in [0, 0.1) is 0 Å². The molecule has 6 heteroatoms. The van der Waals surface area contributed by atoms with Gasteiger partial charge in [0.05, 0.1) is 18.2 Å². The number of fused-ring (bicyclic) bond motifs is 1. The standard InChI is InChI=1S/C26H21NO5/c1-31-25(29)20-12-13-23-19(16-20)14-15-27(23)17-22(18-8-4-2-5-9-18)24(28)26(30)32-21-10-6-3-7-11-21/h2-13,16-17H,14-15H2,1H3/b22-17+. The van der Waals surface area contributed by atoms with Crippen LogP contribution in [0.25, 0.3) is 5.57 Å². The molecule has 0 N–H and O–H groups in total. The van der Waals surface area contributed by atoms with Crippen LogP contribution in [0.2, 0.25) is 0 Å². The van der Waals surface area contributed by atoms with Gasteiger partial charge >= 0.3 is 11.9 Å². The van der Waals surface area contributed by atoms with Crippen LogP contribution in [0.1, 0.15) is 21.5 Å². The second-order valence-corrected chi connectivity index (χ2v) is 7.22. The number of rotatable bonds is 6. The van der Waals surface area contributed by atoms with Crippen LogP contribution < -0.4 is 9.64 Å². The maximum atomic E-state index is 13.1. The topological polar surface area (TPSA) is 72.9 Å². The number of para-hydroxylation sites is 1. The van der Waals surface area contributed by atoms with Crippen molar-refractivity contribution >= 4 is 29.0 Å². The Balaban J connectivity index is 1.66. The van der Waals surface area contributed by atoms with Crippen LogP contribution in [-0.4, -0.2) is 31.4 Å². The molecule has 1 heterocycles. The Labute approximate surface area is 185 Å². The van der Waals surface area contributed by atoms with Gasteiger partial charge in [-0.05, 0) is 47.9 Å². The summed E-state index contributed by atoms with van der Waals surface area (Å²) in [6.45, 7) is 0.608. The van der Waals surface area contributed by atoms with Gasteiger partial charge in [-0.3, -0.25) is 4.79 Å². The molecule has 32 heavy (non-hydrogen) atoms. The molecule has 3 aromatic carbocycles. The fourth-order valence-electron chi connectivity index (χ4n) is 3.60. The Morgan fingerprint density at radius 2 is 1.56 bits per heavy atom. The monoisotopic (exact) mass is 427 g/mol. The summed E-state index contributed by atoms with van der Waals surface area (Å²) in [4.78, 5) is 39.5. The lowest BCUT2D eigenvalue weighted by molar-refractivity contribution is -0.144. The number of hydrogen-bond donors (Lipinski definition) is 0. The van der Waals surface area contributed by atoms with E-state index in [0.29, 0.717) is 29.8 Å². The minimum atomic E-state index is -0.952. The van der Waals surface area contributed by atoms with Crippen LogP contribution in [-0.2, 0) is 20.7 Å². The molecule has 0 bridgehead atoms. The average Bonchev–Trinajstić information content (AvgIpc) is 3.24. The highest BCUT2D eigenvalue weighted by atomic mass is 16.5. The Bertz CT molecular complexity index is 1190. The normalized spacial score (nSPS) is 12.8. The number of Topliss-reactive ketones (excluding diaryl/α,β-unsaturated/α-hetero) is 1. The maximum Gasteiger partial charge on any atom is 0.385 e. The first-order valence-corrected chi connectivity index (χ1v) is 10.1. The number of benzene rings is 3. The van der Waals surface area contributed by atoms with Gasteiger partial charge in [0.2, 0.25) is 0 Å². The summed E-state index contributed by atoms with van der Waals surface area (Å²) in [5.41, 5.74) is 3.16. The molecule has 1 aliphatic rings. The van der Waals surface area contributed by atoms with Crippen molar-refractivity contribution in [3.05, 3.63) is 102 Å². The van der Waals surface area contributed by atoms with E-state index in [0.717, 1.165) is 11.3 Å². The number of hydrogen-bond acceptors (Lipinski definition) is 6. The summed E-state index contributed by atoms with van der Waals surface area (Å²) >= 11 is 0. The molecule has 0 radical (unpaired) electrons. The van der Waals surface area contributed by atoms with Gasteiger partial charge in [0.25, 0.3) is 5.78 Å². The number of methoxy groups -OCH3 is 1. The third-order valence-corrected chi connectivity index (χ3v) is 5.19. The average molecular weight is 427 g/mol. The van der Waals surface area contributed by atoms with E-state index in [-0.39, 0.29) is 5.57 Å². The number of carbonyl (C=O) groups excluding carboxylic acids is 3. The van der Waals surface area contributed by atoms with Crippen molar-refractivity contribution in [3.8, 4) is 5.75 Å². The Hall–Kier alpha value is -4.19. The first-order chi connectivity index (χ1) is 15.6. The van der Waals surface area contributed by atoms with Gasteiger partial charge in [0.1, 0.15) is 5.75 Å². The summed E-state index contributed by atoms with van der Waals surface area (Å²) in [5.74, 6) is -1.78. The van der Waals surface area contributed by atoms with Gasteiger partial charge in [-0.15, -0.1) is 0 Å². The second-order valence-electron chi connectivity index (χ2n) is 7.22. The van der Waals surface area contributed by atoms with E-state index in [1.54, 1.807) is 72.9 Å². The van der Waals surface area contributed by atoms with E-state index in [4.69, 9.17) is 9.47 Å². The molecule has 0 saturated carbocycles. The third kappa shape index (κ3) is 4.44. The molecular formula is C26H21NO5. The lowest BCUT2D eigenvalue weighted by atomic mass is 10.0. The van der Waals surface area contributed by atoms with Crippen LogP contribution in [0.5, 0.6) is 5.75 Å². The number of nitrogens with zero attached hydrogens (tertiary/aromatic N) is 1. The molecule has 0 amide bonds. The summed E-state index contributed by atoms with van der Waals surface area (Å²) in [6.07, 6.45) is 2.37. The number of ether oxygens (including phenoxy) is 2. The van der Waals surface area contributed by atoms with Gasteiger partial charge < -0.3 is 14.4 Å². The minimum Gasteiger partial charge on any atom is -0.465 e. The van der Waals surface area contributed by atoms with E-state index in [2.05, 4.69) is 0 Å². The van der Waals surface area contributed by atoms with Gasteiger partial charge in [0, 0.05) is 18.4 Å². The predicted molar refractivity (Wildman–Crippen MR) is 120 cm³/mol. The van der Waals surface area contributed by atoms with E-state index in [1.165, 1.54) is 7.11 Å². The molecule has 0 aliphatic carbocycles. The highest BCUT2D eigenvalue weighted by molar-refractivity contribution is 6.52. The fraction of sp³-hybridized carbons (Fsp3) is 0.115. The molecule has 0 unspecified atom stereocenters. The van der Waals surface area contributed by atoms with Crippen LogP contribution >= 0.6 is 0 Å². The van der Waals surface area contributed by atoms with Crippen molar-refractivity contribution in [1.82, 2.24) is 0 Å². The SMILES string of the molecule is COC(=O)c1ccc2c(c1)CCN2/C=C(/C(=O)C(=O)Oc1ccccc1)c1ccccc1. The summed E-state index contributed by atoms with van der Waals surface area (Å²) in [5, 5.41) is 0. The summed E-state index contributed by atoms with van der Waals surface area (Å²) in [7, 11) is 1.34. The Morgan fingerprint density at radius 1 is 0.875 bits per heavy atom. The highest BCUT2D eigenvalue weighted by Gasteiger charge is 2.26. The van der Waals surface area contributed by atoms with Gasteiger partial charge in [-0.25, -0.2) is 9.59 Å². The molecule has 0 saturated heterocycles. The molecule has 4 rings (SSSR count). The molecule has 0 atom stereocenters. The predicted octanol–water partition coefficient (Wildman–Crippen LogP) is 4.05. The molecule has 1 aliphatic heterocycles. The molecular weight excluding hydrogens is 406 g/mol.